The number of amides is 1. The zero-order valence-corrected chi connectivity index (χ0v) is 13.2. The molecule has 24 heavy (non-hydrogen) atoms. The molecule has 10 heteroatoms. The third-order valence-corrected chi connectivity index (χ3v) is 2.17. The Hall–Kier alpha value is -2.52. The number of rotatable bonds is 2. The van der Waals surface area contributed by atoms with E-state index in [-0.39, 0.29) is 12.4 Å². The minimum absolute atomic E-state index is 0.137. The molecule has 0 saturated carbocycles. The monoisotopic (exact) mass is 354 g/mol. The lowest BCUT2D eigenvalue weighted by Gasteiger charge is -2.19. The number of benzene rings is 1. The summed E-state index contributed by atoms with van der Waals surface area (Å²) in [4.78, 5) is 20.3. The van der Waals surface area contributed by atoms with E-state index in [1.807, 2.05) is 0 Å². The fourth-order valence-corrected chi connectivity index (χ4v) is 1.21. The van der Waals surface area contributed by atoms with Crippen LogP contribution in [-0.2, 0) is 16.1 Å². The highest BCUT2D eigenvalue weighted by Gasteiger charge is 2.38. The first-order valence-electron chi connectivity index (χ1n) is 6.53. The molecule has 1 amide bonds. The van der Waals surface area contributed by atoms with Crippen molar-refractivity contribution in [3.63, 3.8) is 0 Å². The van der Waals surface area contributed by atoms with Crippen molar-refractivity contribution >= 4 is 17.7 Å². The summed E-state index contributed by atoms with van der Waals surface area (Å²) in [5.41, 5.74) is 6.04. The number of ether oxygens (including phenoxy) is 1. The molecule has 6 nitrogen and oxygen atoms in total. The number of carbonyl (C=O) groups is 2. The van der Waals surface area contributed by atoms with E-state index < -0.39 is 23.8 Å². The smallest absolute Gasteiger partial charge is 0.475 e. The largest absolute Gasteiger partial charge is 0.490 e. The van der Waals surface area contributed by atoms with Gasteiger partial charge in [-0.05, 0) is 44.5 Å². The van der Waals surface area contributed by atoms with Crippen molar-refractivity contribution in [2.24, 2.45) is 0 Å². The van der Waals surface area contributed by atoms with Crippen LogP contribution in [0.3, 0.4) is 0 Å². The Morgan fingerprint density at radius 2 is 1.75 bits per heavy atom. The summed E-state index contributed by atoms with van der Waals surface area (Å²) in [6.07, 6.45) is -5.64. The normalized spacial score (nSPS) is 11.1. The number of hydrogen-bond acceptors (Lipinski definition) is 4. The Balaban J connectivity index is 0.000000640. The van der Waals surface area contributed by atoms with Gasteiger partial charge in [0.25, 0.3) is 0 Å². The Kier molecular flexibility index (Phi) is 7.49. The molecule has 0 aromatic heterocycles. The molecule has 0 fully saturated rings. The second kappa shape index (κ2) is 8.37. The quantitative estimate of drug-likeness (QED) is 0.560. The zero-order chi connectivity index (χ0) is 19.1. The van der Waals surface area contributed by atoms with Crippen LogP contribution in [0.4, 0.5) is 28.0 Å². The van der Waals surface area contributed by atoms with E-state index in [1.165, 1.54) is 18.2 Å². The number of aliphatic carboxylic acids is 1. The first-order chi connectivity index (χ1) is 10.7. The average Bonchev–Trinajstić information content (AvgIpc) is 2.37. The van der Waals surface area contributed by atoms with Gasteiger partial charge in [-0.15, -0.1) is 0 Å². The number of nitrogens with one attached hydrogen (secondary N) is 1. The van der Waals surface area contributed by atoms with Crippen LogP contribution in [-0.4, -0.2) is 28.9 Å². The molecule has 1 aromatic carbocycles. The lowest BCUT2D eigenvalue weighted by atomic mass is 10.2. The molecule has 0 radical (unpaired) electrons. The van der Waals surface area contributed by atoms with E-state index in [2.05, 4.69) is 5.32 Å². The summed E-state index contributed by atoms with van der Waals surface area (Å²) < 4.78 is 49.7. The summed E-state index contributed by atoms with van der Waals surface area (Å²) in [6.45, 7) is 5.44. The molecular formula is C14H18F4N2O4. The third-order valence-electron chi connectivity index (χ3n) is 2.17. The number of anilines is 1. The van der Waals surface area contributed by atoms with E-state index in [1.54, 1.807) is 20.8 Å². The molecule has 1 aromatic rings. The Labute approximate surface area is 135 Å². The zero-order valence-electron chi connectivity index (χ0n) is 13.2. The summed E-state index contributed by atoms with van der Waals surface area (Å²) in [5, 5.41) is 9.64. The van der Waals surface area contributed by atoms with Crippen LogP contribution >= 0.6 is 0 Å². The molecule has 0 unspecified atom stereocenters. The molecule has 1 rings (SSSR count). The number of nitrogens with two attached hydrogens (primary N) is 1. The average molecular weight is 354 g/mol. The fraction of sp³-hybridized carbons (Fsp3) is 0.429. The number of carboxylic acids is 1. The van der Waals surface area contributed by atoms with Gasteiger partial charge in [0.05, 0.1) is 0 Å². The van der Waals surface area contributed by atoms with Crippen molar-refractivity contribution in [2.45, 2.75) is 39.1 Å². The number of carboxylic acid groups (broad SMARTS) is 1. The van der Waals surface area contributed by atoms with Gasteiger partial charge in [0.1, 0.15) is 11.4 Å². The van der Waals surface area contributed by atoms with Gasteiger partial charge in [-0.25, -0.2) is 14.0 Å². The topological polar surface area (TPSA) is 102 Å². The van der Waals surface area contributed by atoms with Gasteiger partial charge in [-0.2, -0.15) is 13.2 Å². The molecule has 0 saturated heterocycles. The van der Waals surface area contributed by atoms with Crippen LogP contribution in [0.5, 0.6) is 0 Å². The predicted octanol–water partition coefficient (Wildman–Crippen LogP) is 3.07. The van der Waals surface area contributed by atoms with Gasteiger partial charge < -0.3 is 20.9 Å². The molecule has 0 aliphatic heterocycles. The van der Waals surface area contributed by atoms with Gasteiger partial charge in [-0.1, -0.05) is 0 Å². The van der Waals surface area contributed by atoms with Crippen LogP contribution in [0.2, 0.25) is 0 Å². The number of halogens is 4. The highest BCUT2D eigenvalue weighted by Crippen LogP contribution is 2.14. The molecule has 0 aliphatic carbocycles. The van der Waals surface area contributed by atoms with Gasteiger partial charge >= 0.3 is 18.2 Å². The first-order valence-corrected chi connectivity index (χ1v) is 6.53. The molecule has 0 atom stereocenters. The molecule has 0 heterocycles. The van der Waals surface area contributed by atoms with Gasteiger partial charge in [-0.3, -0.25) is 0 Å². The number of alkyl carbamates (subject to hydrolysis) is 1. The maximum Gasteiger partial charge on any atom is 0.490 e. The van der Waals surface area contributed by atoms with Crippen LogP contribution in [0.15, 0.2) is 18.2 Å². The van der Waals surface area contributed by atoms with Gasteiger partial charge in [0, 0.05) is 12.2 Å². The van der Waals surface area contributed by atoms with Crippen LogP contribution in [0.1, 0.15) is 26.3 Å². The van der Waals surface area contributed by atoms with Crippen molar-refractivity contribution in [1.29, 1.82) is 0 Å². The van der Waals surface area contributed by atoms with Gasteiger partial charge in [0.2, 0.25) is 0 Å². The fourth-order valence-electron chi connectivity index (χ4n) is 1.21. The van der Waals surface area contributed by atoms with Crippen molar-refractivity contribution in [3.8, 4) is 0 Å². The van der Waals surface area contributed by atoms with E-state index in [9.17, 15) is 22.4 Å². The van der Waals surface area contributed by atoms with Crippen molar-refractivity contribution in [2.75, 3.05) is 5.73 Å². The SMILES string of the molecule is CC(C)(C)OC(=O)NCc1cc(F)ccc1N.O=C(O)C(F)(F)F. The summed E-state index contributed by atoms with van der Waals surface area (Å²) in [6, 6.07) is 4.01. The Bertz CT molecular complexity index is 583. The van der Waals surface area contributed by atoms with E-state index in [0.717, 1.165) is 0 Å². The summed E-state index contributed by atoms with van der Waals surface area (Å²) >= 11 is 0. The molecule has 0 aliphatic rings. The number of alkyl halides is 3. The van der Waals surface area contributed by atoms with E-state index in [4.69, 9.17) is 20.4 Å². The number of hydrogen-bond donors (Lipinski definition) is 3. The standard InChI is InChI=1S/C12H17FN2O2.C2HF3O2/c1-12(2,3)17-11(16)15-7-8-6-9(13)4-5-10(8)14;3-2(4,5)1(6)7/h4-6H,7,14H2,1-3H3,(H,15,16);(H,6,7). The maximum atomic E-state index is 12.9. The summed E-state index contributed by atoms with van der Waals surface area (Å²) in [7, 11) is 0. The maximum absolute atomic E-state index is 12.9. The van der Waals surface area contributed by atoms with Crippen LogP contribution in [0.25, 0.3) is 0 Å². The predicted molar refractivity (Wildman–Crippen MR) is 77.6 cm³/mol. The number of nitrogen functional groups attached to an aromatic ring is 1. The van der Waals surface area contributed by atoms with Crippen molar-refractivity contribution in [1.82, 2.24) is 5.32 Å². The third kappa shape index (κ3) is 9.49. The van der Waals surface area contributed by atoms with Gasteiger partial charge in [0.15, 0.2) is 0 Å². The minimum atomic E-state index is -5.08. The Morgan fingerprint density at radius 1 is 1.25 bits per heavy atom. The Morgan fingerprint density at radius 3 is 2.17 bits per heavy atom. The minimum Gasteiger partial charge on any atom is -0.475 e. The molecule has 0 spiro atoms. The highest BCUT2D eigenvalue weighted by molar-refractivity contribution is 5.73. The highest BCUT2D eigenvalue weighted by atomic mass is 19.4. The summed E-state index contributed by atoms with van der Waals surface area (Å²) in [5.74, 6) is -3.15. The van der Waals surface area contributed by atoms with Crippen molar-refractivity contribution in [3.05, 3.63) is 29.6 Å². The van der Waals surface area contributed by atoms with Crippen LogP contribution < -0.4 is 11.1 Å². The lowest BCUT2D eigenvalue weighted by molar-refractivity contribution is -0.192. The molecule has 0 bridgehead atoms. The van der Waals surface area contributed by atoms with Crippen molar-refractivity contribution < 1.29 is 37.0 Å². The number of carbonyl (C=O) groups excluding carboxylic acids is 1. The first kappa shape index (κ1) is 21.5. The van der Waals surface area contributed by atoms with Crippen LogP contribution in [0, 0.1) is 5.82 Å². The second-order valence-corrected chi connectivity index (χ2v) is 5.50. The second-order valence-electron chi connectivity index (χ2n) is 5.50. The van der Waals surface area contributed by atoms with E-state index in [0.29, 0.717) is 11.3 Å². The lowest BCUT2D eigenvalue weighted by Crippen LogP contribution is -2.32. The molecule has 4 N–H and O–H groups in total. The molecule has 136 valence electrons. The van der Waals surface area contributed by atoms with E-state index >= 15 is 0 Å². The molecular weight excluding hydrogens is 336 g/mol.